The number of hydrogen-bond donors (Lipinski definition) is 1. The first-order valence-corrected chi connectivity index (χ1v) is 11.1. The van der Waals surface area contributed by atoms with Gasteiger partial charge in [0.05, 0.1) is 4.90 Å². The van der Waals surface area contributed by atoms with Crippen molar-refractivity contribution < 1.29 is 18.0 Å². The molecule has 0 unspecified atom stereocenters. The van der Waals surface area contributed by atoms with Gasteiger partial charge in [0.15, 0.2) is 5.78 Å². The van der Waals surface area contributed by atoms with Crippen molar-refractivity contribution in [2.75, 3.05) is 13.6 Å². The molecule has 0 aromatic heterocycles. The standard InChI is InChI=1S/C23H24N2O4S/c1-17(26)20-8-5-9-22(15-20)30(28,29)24-13-12-23(27)25(2)16-18-10-11-19-6-3-4-7-21(19)14-18/h3-11,14-15,24H,12-13,16H2,1-2H3. The van der Waals surface area contributed by atoms with Crippen LogP contribution in [0.5, 0.6) is 0 Å². The summed E-state index contributed by atoms with van der Waals surface area (Å²) >= 11 is 0. The number of ketones is 1. The zero-order valence-corrected chi connectivity index (χ0v) is 17.8. The summed E-state index contributed by atoms with van der Waals surface area (Å²) in [4.78, 5) is 25.5. The predicted octanol–water partition coefficient (Wildman–Crippen LogP) is 3.37. The Morgan fingerprint density at radius 3 is 2.40 bits per heavy atom. The largest absolute Gasteiger partial charge is 0.341 e. The minimum atomic E-state index is -3.79. The second-order valence-electron chi connectivity index (χ2n) is 7.16. The van der Waals surface area contributed by atoms with Gasteiger partial charge in [-0.2, -0.15) is 0 Å². The van der Waals surface area contributed by atoms with Crippen molar-refractivity contribution in [2.45, 2.75) is 24.8 Å². The lowest BCUT2D eigenvalue weighted by atomic mass is 10.1. The Morgan fingerprint density at radius 1 is 0.933 bits per heavy atom. The lowest BCUT2D eigenvalue weighted by molar-refractivity contribution is -0.130. The number of benzene rings is 3. The van der Waals surface area contributed by atoms with E-state index in [1.165, 1.54) is 25.1 Å². The molecule has 0 fully saturated rings. The fourth-order valence-electron chi connectivity index (χ4n) is 3.15. The van der Waals surface area contributed by atoms with Gasteiger partial charge in [-0.3, -0.25) is 9.59 Å². The Bertz CT molecular complexity index is 1190. The van der Waals surface area contributed by atoms with E-state index in [0.717, 1.165) is 16.3 Å². The van der Waals surface area contributed by atoms with E-state index in [1.54, 1.807) is 18.0 Å². The molecule has 156 valence electrons. The maximum absolute atomic E-state index is 12.4. The number of fused-ring (bicyclic) bond motifs is 1. The van der Waals surface area contributed by atoms with Crippen LogP contribution in [0, 0.1) is 0 Å². The van der Waals surface area contributed by atoms with Crippen LogP contribution < -0.4 is 4.72 Å². The third-order valence-corrected chi connectivity index (χ3v) is 6.30. The van der Waals surface area contributed by atoms with Crippen LogP contribution in [0.1, 0.15) is 29.3 Å². The fourth-order valence-corrected chi connectivity index (χ4v) is 4.23. The second-order valence-corrected chi connectivity index (χ2v) is 8.93. The van der Waals surface area contributed by atoms with E-state index in [2.05, 4.69) is 4.72 Å². The van der Waals surface area contributed by atoms with Crippen LogP contribution in [0.2, 0.25) is 0 Å². The second kappa shape index (κ2) is 9.19. The number of sulfonamides is 1. The van der Waals surface area contributed by atoms with Gasteiger partial charge in [0.25, 0.3) is 0 Å². The first-order valence-electron chi connectivity index (χ1n) is 9.58. The van der Waals surface area contributed by atoms with Crippen LogP contribution >= 0.6 is 0 Å². The minimum absolute atomic E-state index is 0.00664. The van der Waals surface area contributed by atoms with Crippen molar-refractivity contribution in [1.82, 2.24) is 9.62 Å². The quantitative estimate of drug-likeness (QED) is 0.562. The lowest BCUT2D eigenvalue weighted by Gasteiger charge is -2.18. The van der Waals surface area contributed by atoms with Crippen LogP contribution in [0.25, 0.3) is 10.8 Å². The average Bonchev–Trinajstić information content (AvgIpc) is 2.73. The molecule has 0 aliphatic rings. The molecule has 0 aliphatic carbocycles. The lowest BCUT2D eigenvalue weighted by Crippen LogP contribution is -2.32. The molecule has 0 saturated carbocycles. The topological polar surface area (TPSA) is 83.5 Å². The van der Waals surface area contributed by atoms with Gasteiger partial charge in [-0.15, -0.1) is 0 Å². The summed E-state index contributed by atoms with van der Waals surface area (Å²) in [6, 6.07) is 19.9. The van der Waals surface area contributed by atoms with E-state index in [4.69, 9.17) is 0 Å². The molecule has 1 amide bonds. The molecule has 3 rings (SSSR count). The molecule has 0 spiro atoms. The Kier molecular flexibility index (Phi) is 6.64. The molecular formula is C23H24N2O4S. The Morgan fingerprint density at radius 2 is 1.67 bits per heavy atom. The average molecular weight is 425 g/mol. The van der Waals surface area contributed by atoms with Crippen molar-refractivity contribution in [2.24, 2.45) is 0 Å². The van der Waals surface area contributed by atoms with Gasteiger partial charge in [-0.25, -0.2) is 13.1 Å². The summed E-state index contributed by atoms with van der Waals surface area (Å²) in [6.07, 6.45) is 0.0374. The SMILES string of the molecule is CC(=O)c1cccc(S(=O)(=O)NCCC(=O)N(C)Cc2ccc3ccccc3c2)c1. The highest BCUT2D eigenvalue weighted by atomic mass is 32.2. The molecule has 0 atom stereocenters. The van der Waals surface area contributed by atoms with Crippen molar-refractivity contribution >= 4 is 32.5 Å². The number of amides is 1. The highest BCUT2D eigenvalue weighted by molar-refractivity contribution is 7.89. The monoisotopic (exact) mass is 424 g/mol. The van der Waals surface area contributed by atoms with Gasteiger partial charge in [-0.05, 0) is 41.5 Å². The highest BCUT2D eigenvalue weighted by Crippen LogP contribution is 2.17. The molecule has 6 nitrogen and oxygen atoms in total. The van der Waals surface area contributed by atoms with Crippen LogP contribution in [0.3, 0.4) is 0 Å². The smallest absolute Gasteiger partial charge is 0.240 e. The molecule has 0 radical (unpaired) electrons. The third-order valence-electron chi connectivity index (χ3n) is 4.84. The van der Waals surface area contributed by atoms with E-state index >= 15 is 0 Å². The van der Waals surface area contributed by atoms with Crippen LogP contribution in [-0.4, -0.2) is 38.6 Å². The van der Waals surface area contributed by atoms with E-state index in [0.29, 0.717) is 12.1 Å². The number of Topliss-reactive ketones (excluding diaryl/α,β-unsaturated/α-hetero) is 1. The van der Waals surface area contributed by atoms with Gasteiger partial charge < -0.3 is 4.90 Å². The molecule has 7 heteroatoms. The molecule has 3 aromatic rings. The number of nitrogens with zero attached hydrogens (tertiary/aromatic N) is 1. The van der Waals surface area contributed by atoms with Gasteiger partial charge in [0, 0.05) is 32.1 Å². The van der Waals surface area contributed by atoms with E-state index < -0.39 is 10.0 Å². The molecule has 0 saturated heterocycles. The summed E-state index contributed by atoms with van der Waals surface area (Å²) in [5.74, 6) is -0.374. The summed E-state index contributed by atoms with van der Waals surface area (Å²) in [5, 5.41) is 2.25. The molecule has 0 heterocycles. The first kappa shape index (κ1) is 21.7. The zero-order chi connectivity index (χ0) is 21.7. The first-order chi connectivity index (χ1) is 14.3. The molecule has 0 aliphatic heterocycles. The van der Waals surface area contributed by atoms with Gasteiger partial charge in [0.1, 0.15) is 0 Å². The molecule has 3 aromatic carbocycles. The third kappa shape index (κ3) is 5.31. The van der Waals surface area contributed by atoms with Crippen molar-refractivity contribution in [3.8, 4) is 0 Å². The summed E-state index contributed by atoms with van der Waals surface area (Å²) in [6.45, 7) is 1.80. The summed E-state index contributed by atoms with van der Waals surface area (Å²) in [7, 11) is -2.10. The number of nitrogens with one attached hydrogen (secondary N) is 1. The maximum Gasteiger partial charge on any atom is 0.240 e. The van der Waals surface area contributed by atoms with Crippen LogP contribution in [0.4, 0.5) is 0 Å². The van der Waals surface area contributed by atoms with Gasteiger partial charge >= 0.3 is 0 Å². The summed E-state index contributed by atoms with van der Waals surface area (Å²) in [5.41, 5.74) is 1.33. The van der Waals surface area contributed by atoms with E-state index in [1.807, 2.05) is 42.5 Å². The fraction of sp³-hybridized carbons (Fsp3) is 0.217. The number of carbonyl (C=O) groups excluding carboxylic acids is 2. The number of carbonyl (C=O) groups is 2. The zero-order valence-electron chi connectivity index (χ0n) is 17.0. The van der Waals surface area contributed by atoms with Crippen LogP contribution in [-0.2, 0) is 21.4 Å². The molecule has 1 N–H and O–H groups in total. The van der Waals surface area contributed by atoms with E-state index in [-0.39, 0.29) is 29.6 Å². The maximum atomic E-state index is 12.4. The van der Waals surface area contributed by atoms with Crippen molar-refractivity contribution in [1.29, 1.82) is 0 Å². The predicted molar refractivity (Wildman–Crippen MR) is 117 cm³/mol. The molecular weight excluding hydrogens is 400 g/mol. The van der Waals surface area contributed by atoms with Crippen LogP contribution in [0.15, 0.2) is 71.6 Å². The molecule has 0 bridgehead atoms. The normalized spacial score (nSPS) is 11.4. The Balaban J connectivity index is 1.56. The number of rotatable bonds is 8. The summed E-state index contributed by atoms with van der Waals surface area (Å²) < 4.78 is 27.3. The van der Waals surface area contributed by atoms with Crippen molar-refractivity contribution in [3.63, 3.8) is 0 Å². The minimum Gasteiger partial charge on any atom is -0.341 e. The number of hydrogen-bond acceptors (Lipinski definition) is 4. The Hall–Kier alpha value is -3.03. The Labute approximate surface area is 176 Å². The van der Waals surface area contributed by atoms with E-state index in [9.17, 15) is 18.0 Å². The van der Waals surface area contributed by atoms with Gasteiger partial charge in [0.2, 0.25) is 15.9 Å². The molecule has 30 heavy (non-hydrogen) atoms. The van der Waals surface area contributed by atoms with Gasteiger partial charge in [-0.1, -0.05) is 48.5 Å². The highest BCUT2D eigenvalue weighted by Gasteiger charge is 2.16. The van der Waals surface area contributed by atoms with Crippen molar-refractivity contribution in [3.05, 3.63) is 77.9 Å².